The smallest absolute Gasteiger partial charge is 0.416 e. The van der Waals surface area contributed by atoms with Crippen LogP contribution in [0.15, 0.2) is 71.8 Å². The standard InChI is InChI=1S/C21H15Cl2F3N2O/c22-17-8-5-15(19(23)11-17)13-29-20-4-2-1-3-14(20)12-27-28-18-9-6-16(7-10-18)21(24,25)26/h1-12,28H,13H2/b27-12+. The molecule has 0 saturated carbocycles. The zero-order valence-corrected chi connectivity index (χ0v) is 16.4. The second kappa shape index (κ2) is 9.20. The molecular formula is C21H15Cl2F3N2O. The van der Waals surface area contributed by atoms with Gasteiger partial charge < -0.3 is 4.74 Å². The second-order valence-corrected chi connectivity index (χ2v) is 6.85. The number of ether oxygens (including phenoxy) is 1. The van der Waals surface area contributed by atoms with Gasteiger partial charge in [0, 0.05) is 21.2 Å². The highest BCUT2D eigenvalue weighted by Crippen LogP contribution is 2.30. The number of nitrogens with zero attached hydrogens (tertiary/aromatic N) is 1. The van der Waals surface area contributed by atoms with Crippen LogP contribution in [0.2, 0.25) is 10.0 Å². The fraction of sp³-hybridized carbons (Fsp3) is 0.0952. The van der Waals surface area contributed by atoms with Gasteiger partial charge in [-0.05, 0) is 48.5 Å². The number of nitrogens with one attached hydrogen (secondary N) is 1. The molecule has 0 atom stereocenters. The molecule has 0 aliphatic carbocycles. The Hall–Kier alpha value is -2.70. The predicted molar refractivity (Wildman–Crippen MR) is 110 cm³/mol. The maximum atomic E-state index is 12.6. The van der Waals surface area contributed by atoms with Crippen molar-refractivity contribution < 1.29 is 17.9 Å². The van der Waals surface area contributed by atoms with Crippen molar-refractivity contribution in [3.63, 3.8) is 0 Å². The highest BCUT2D eigenvalue weighted by atomic mass is 35.5. The lowest BCUT2D eigenvalue weighted by Gasteiger charge is -2.10. The van der Waals surface area contributed by atoms with Crippen molar-refractivity contribution in [1.82, 2.24) is 0 Å². The fourth-order valence-electron chi connectivity index (χ4n) is 2.42. The first kappa shape index (κ1) is 21.0. The summed E-state index contributed by atoms with van der Waals surface area (Å²) in [6.45, 7) is 0.243. The number of benzene rings is 3. The van der Waals surface area contributed by atoms with Gasteiger partial charge in [-0.3, -0.25) is 5.43 Å². The Morgan fingerprint density at radius 1 is 0.966 bits per heavy atom. The topological polar surface area (TPSA) is 33.6 Å². The van der Waals surface area contributed by atoms with Gasteiger partial charge in [0.15, 0.2) is 0 Å². The van der Waals surface area contributed by atoms with E-state index in [4.69, 9.17) is 27.9 Å². The van der Waals surface area contributed by atoms with Crippen molar-refractivity contribution in [2.75, 3.05) is 5.43 Å². The Labute approximate surface area is 175 Å². The molecule has 0 aliphatic heterocycles. The number of hydrogen-bond acceptors (Lipinski definition) is 3. The lowest BCUT2D eigenvalue weighted by atomic mass is 10.2. The first-order valence-electron chi connectivity index (χ1n) is 8.45. The Bertz CT molecular complexity index is 1010. The molecule has 150 valence electrons. The number of hydrazone groups is 1. The van der Waals surface area contributed by atoms with Crippen LogP contribution in [0.4, 0.5) is 18.9 Å². The number of para-hydroxylation sites is 1. The van der Waals surface area contributed by atoms with E-state index in [1.54, 1.807) is 30.3 Å². The third-order valence-electron chi connectivity index (χ3n) is 3.93. The van der Waals surface area contributed by atoms with E-state index in [0.717, 1.165) is 17.7 Å². The highest BCUT2D eigenvalue weighted by Gasteiger charge is 2.29. The van der Waals surface area contributed by atoms with E-state index < -0.39 is 11.7 Å². The highest BCUT2D eigenvalue weighted by molar-refractivity contribution is 6.35. The van der Waals surface area contributed by atoms with E-state index in [9.17, 15) is 13.2 Å². The Balaban J connectivity index is 1.65. The molecule has 8 heteroatoms. The van der Waals surface area contributed by atoms with Crippen molar-refractivity contribution in [3.05, 3.63) is 93.5 Å². The van der Waals surface area contributed by atoms with E-state index in [1.165, 1.54) is 18.3 Å². The first-order valence-corrected chi connectivity index (χ1v) is 9.20. The normalized spacial score (nSPS) is 11.6. The van der Waals surface area contributed by atoms with E-state index in [2.05, 4.69) is 10.5 Å². The molecule has 3 aromatic carbocycles. The van der Waals surface area contributed by atoms with E-state index in [-0.39, 0.29) is 6.61 Å². The molecule has 29 heavy (non-hydrogen) atoms. The lowest BCUT2D eigenvalue weighted by molar-refractivity contribution is -0.137. The zero-order valence-electron chi connectivity index (χ0n) is 14.9. The van der Waals surface area contributed by atoms with Gasteiger partial charge in [-0.2, -0.15) is 18.3 Å². The molecule has 3 nitrogen and oxygen atoms in total. The summed E-state index contributed by atoms with van der Waals surface area (Å²) in [6.07, 6.45) is -2.85. The minimum absolute atomic E-state index is 0.243. The summed E-state index contributed by atoms with van der Waals surface area (Å²) >= 11 is 12.0. The molecule has 0 saturated heterocycles. The first-order chi connectivity index (χ1) is 13.8. The molecule has 0 radical (unpaired) electrons. The number of alkyl halides is 3. The van der Waals surface area contributed by atoms with Crippen LogP contribution in [0.3, 0.4) is 0 Å². The summed E-state index contributed by atoms with van der Waals surface area (Å²) in [4.78, 5) is 0. The van der Waals surface area contributed by atoms with Crippen LogP contribution < -0.4 is 10.2 Å². The molecule has 0 heterocycles. The van der Waals surface area contributed by atoms with Gasteiger partial charge in [-0.1, -0.05) is 41.4 Å². The largest absolute Gasteiger partial charge is 0.488 e. The minimum Gasteiger partial charge on any atom is -0.488 e. The minimum atomic E-state index is -4.37. The third-order valence-corrected chi connectivity index (χ3v) is 4.51. The lowest BCUT2D eigenvalue weighted by Crippen LogP contribution is -2.04. The van der Waals surface area contributed by atoms with Gasteiger partial charge in [-0.25, -0.2) is 0 Å². The third kappa shape index (κ3) is 5.89. The van der Waals surface area contributed by atoms with Crippen molar-refractivity contribution >= 4 is 35.1 Å². The summed E-state index contributed by atoms with van der Waals surface area (Å²) < 4.78 is 43.6. The molecule has 0 aliphatic rings. The van der Waals surface area contributed by atoms with Gasteiger partial charge >= 0.3 is 6.18 Å². The maximum Gasteiger partial charge on any atom is 0.416 e. The summed E-state index contributed by atoms with van der Waals surface area (Å²) in [5.74, 6) is 0.580. The summed E-state index contributed by atoms with van der Waals surface area (Å²) in [5.41, 5.74) is 3.89. The van der Waals surface area contributed by atoms with Gasteiger partial charge in [0.25, 0.3) is 0 Å². The van der Waals surface area contributed by atoms with Crippen LogP contribution in [-0.4, -0.2) is 6.21 Å². The number of anilines is 1. The molecule has 3 aromatic rings. The fourth-order valence-corrected chi connectivity index (χ4v) is 2.89. The molecule has 0 unspecified atom stereocenters. The zero-order chi connectivity index (χ0) is 20.9. The molecule has 0 spiro atoms. The molecule has 0 bridgehead atoms. The molecular weight excluding hydrogens is 424 g/mol. The predicted octanol–water partition coefficient (Wildman–Crippen LogP) is 7.04. The number of halogens is 5. The Morgan fingerprint density at radius 2 is 1.69 bits per heavy atom. The number of hydrogen-bond donors (Lipinski definition) is 1. The molecule has 0 fully saturated rings. The van der Waals surface area contributed by atoms with Crippen LogP contribution >= 0.6 is 23.2 Å². The summed E-state index contributed by atoms with van der Waals surface area (Å²) in [7, 11) is 0. The van der Waals surface area contributed by atoms with Crippen LogP contribution in [-0.2, 0) is 12.8 Å². The average molecular weight is 439 g/mol. The van der Waals surface area contributed by atoms with Crippen molar-refractivity contribution in [1.29, 1.82) is 0 Å². The van der Waals surface area contributed by atoms with Crippen LogP contribution in [0.1, 0.15) is 16.7 Å². The van der Waals surface area contributed by atoms with Crippen molar-refractivity contribution in [2.24, 2.45) is 5.10 Å². The van der Waals surface area contributed by atoms with Crippen LogP contribution in [0.5, 0.6) is 5.75 Å². The second-order valence-electron chi connectivity index (χ2n) is 6.01. The van der Waals surface area contributed by atoms with Gasteiger partial charge in [-0.15, -0.1) is 0 Å². The Morgan fingerprint density at radius 3 is 2.38 bits per heavy atom. The van der Waals surface area contributed by atoms with E-state index in [0.29, 0.717) is 27.0 Å². The van der Waals surface area contributed by atoms with Gasteiger partial charge in [0.2, 0.25) is 0 Å². The van der Waals surface area contributed by atoms with Crippen LogP contribution in [0, 0.1) is 0 Å². The van der Waals surface area contributed by atoms with Crippen LogP contribution in [0.25, 0.3) is 0 Å². The van der Waals surface area contributed by atoms with E-state index in [1.807, 2.05) is 12.1 Å². The van der Waals surface area contributed by atoms with Crippen molar-refractivity contribution in [3.8, 4) is 5.75 Å². The summed E-state index contributed by atoms with van der Waals surface area (Å²) in [6, 6.07) is 17.0. The monoisotopic (exact) mass is 438 g/mol. The maximum absolute atomic E-state index is 12.6. The molecule has 3 rings (SSSR count). The van der Waals surface area contributed by atoms with Gasteiger partial charge in [0.05, 0.1) is 17.5 Å². The average Bonchev–Trinajstić information content (AvgIpc) is 2.68. The quantitative estimate of drug-likeness (QED) is 0.330. The van der Waals surface area contributed by atoms with E-state index >= 15 is 0 Å². The number of rotatable bonds is 6. The van der Waals surface area contributed by atoms with Crippen molar-refractivity contribution in [2.45, 2.75) is 12.8 Å². The van der Waals surface area contributed by atoms with Gasteiger partial charge in [0.1, 0.15) is 12.4 Å². The SMILES string of the molecule is FC(F)(F)c1ccc(N/N=C/c2ccccc2OCc2ccc(Cl)cc2Cl)cc1. The molecule has 0 amide bonds. The molecule has 0 aromatic heterocycles. The summed E-state index contributed by atoms with van der Waals surface area (Å²) in [5, 5.41) is 5.12. The Kier molecular flexibility index (Phi) is 6.67. The molecule has 1 N–H and O–H groups in total.